The van der Waals surface area contributed by atoms with Crippen molar-refractivity contribution < 1.29 is 28.7 Å². The number of carbonyl (C=O) groups is 5. The third kappa shape index (κ3) is 7.91. The predicted molar refractivity (Wildman–Crippen MR) is 160 cm³/mol. The molecule has 0 aromatic heterocycles. The van der Waals surface area contributed by atoms with E-state index in [0.717, 1.165) is 16.9 Å². The first-order valence-electron chi connectivity index (χ1n) is 14.8. The van der Waals surface area contributed by atoms with Crippen LogP contribution in [0.4, 0.5) is 0 Å². The Morgan fingerprint density at radius 3 is 2.49 bits per heavy atom. The fourth-order valence-corrected chi connectivity index (χ4v) is 5.30. The van der Waals surface area contributed by atoms with Crippen molar-refractivity contribution in [3.63, 3.8) is 0 Å². The highest BCUT2D eigenvalue weighted by Crippen LogP contribution is 2.26. The molecule has 0 spiro atoms. The number of benzene rings is 2. The zero-order valence-corrected chi connectivity index (χ0v) is 25.2. The van der Waals surface area contributed by atoms with Gasteiger partial charge in [-0.2, -0.15) is 0 Å². The molecule has 11 nitrogen and oxygen atoms in total. The Labute approximate surface area is 252 Å². The first-order chi connectivity index (χ1) is 20.5. The predicted octanol–water partition coefficient (Wildman–Crippen LogP) is 1.30. The van der Waals surface area contributed by atoms with Crippen LogP contribution < -0.4 is 20.7 Å². The molecule has 2 heterocycles. The van der Waals surface area contributed by atoms with E-state index in [4.69, 9.17) is 4.74 Å². The quantitative estimate of drug-likeness (QED) is 0.490. The molecule has 230 valence electrons. The Hall–Kier alpha value is -4.41. The standard InChI is InChI=1S/C32H41N5O6/c1-20(2)28-32(42)36(4)19-27(38)34-25(17-22-9-6-5-7-10-22)30(40)33-14-8-15-37(21(3)29(39)35-28)31(41)24-11-12-26-23(18-24)13-16-43-26/h5-7,9-12,18,20-21,25,28H,8,13-17,19H2,1-4H3,(H,33,40)(H,34,38)(H,35,39)/t21-,25+,28+/m1/s1. The minimum absolute atomic E-state index is 0.178. The average molecular weight is 592 g/mol. The number of amides is 5. The largest absolute Gasteiger partial charge is 0.493 e. The minimum atomic E-state index is -0.918. The number of fused-ring (bicyclic) bond motifs is 1. The van der Waals surface area contributed by atoms with Crippen molar-refractivity contribution in [2.24, 2.45) is 5.92 Å². The topological polar surface area (TPSA) is 137 Å². The van der Waals surface area contributed by atoms with Gasteiger partial charge in [-0.05, 0) is 48.6 Å². The molecule has 2 aliphatic rings. The van der Waals surface area contributed by atoms with Crippen LogP contribution in [0, 0.1) is 5.92 Å². The Bertz CT molecular complexity index is 1350. The lowest BCUT2D eigenvalue weighted by Gasteiger charge is -2.32. The molecule has 43 heavy (non-hydrogen) atoms. The third-order valence-corrected chi connectivity index (χ3v) is 7.84. The van der Waals surface area contributed by atoms with Gasteiger partial charge in [0.15, 0.2) is 0 Å². The Morgan fingerprint density at radius 1 is 1.02 bits per heavy atom. The Kier molecular flexibility index (Phi) is 10.4. The lowest BCUT2D eigenvalue weighted by Crippen LogP contribution is -2.57. The molecule has 4 rings (SSSR count). The molecule has 3 N–H and O–H groups in total. The van der Waals surface area contributed by atoms with Gasteiger partial charge in [-0.1, -0.05) is 44.2 Å². The normalized spacial score (nSPS) is 22.4. The number of ether oxygens (including phenoxy) is 1. The van der Waals surface area contributed by atoms with Gasteiger partial charge in [-0.15, -0.1) is 0 Å². The molecule has 1 saturated heterocycles. The monoisotopic (exact) mass is 591 g/mol. The highest BCUT2D eigenvalue weighted by atomic mass is 16.5. The summed E-state index contributed by atoms with van der Waals surface area (Å²) in [5.74, 6) is -1.66. The fourth-order valence-electron chi connectivity index (χ4n) is 5.30. The van der Waals surface area contributed by atoms with Gasteiger partial charge in [0, 0.05) is 38.5 Å². The van der Waals surface area contributed by atoms with Gasteiger partial charge in [0.05, 0.1) is 13.2 Å². The molecule has 0 saturated carbocycles. The van der Waals surface area contributed by atoms with Crippen LogP contribution in [-0.2, 0) is 32.0 Å². The maximum atomic E-state index is 13.8. The SMILES string of the molecule is CC(C)[C@@H]1NC(=O)[C@@H](C)N(C(=O)c2ccc3c(c2)CCO3)CCCNC(=O)[C@H](Cc2ccccc2)NC(=O)CN(C)C1=O. The maximum absolute atomic E-state index is 13.8. The summed E-state index contributed by atoms with van der Waals surface area (Å²) in [5.41, 5.74) is 2.24. The average Bonchev–Trinajstić information content (AvgIpc) is 3.46. The molecule has 0 aliphatic carbocycles. The number of hydrogen-bond donors (Lipinski definition) is 3. The minimum Gasteiger partial charge on any atom is -0.493 e. The van der Waals surface area contributed by atoms with Crippen LogP contribution in [0.5, 0.6) is 5.75 Å². The van der Waals surface area contributed by atoms with Crippen molar-refractivity contribution >= 4 is 29.5 Å². The summed E-state index contributed by atoms with van der Waals surface area (Å²) in [6.45, 7) is 5.89. The van der Waals surface area contributed by atoms with E-state index in [1.165, 1.54) is 16.8 Å². The van der Waals surface area contributed by atoms with Crippen LogP contribution in [0.15, 0.2) is 48.5 Å². The molecule has 0 radical (unpaired) electrons. The third-order valence-electron chi connectivity index (χ3n) is 7.84. The maximum Gasteiger partial charge on any atom is 0.254 e. The molecule has 11 heteroatoms. The molecule has 0 bridgehead atoms. The molecule has 2 aromatic rings. The highest BCUT2D eigenvalue weighted by molar-refractivity contribution is 5.99. The molecule has 2 aliphatic heterocycles. The number of hydrogen-bond acceptors (Lipinski definition) is 6. The second-order valence-electron chi connectivity index (χ2n) is 11.5. The van der Waals surface area contributed by atoms with Gasteiger partial charge in [0.2, 0.25) is 23.6 Å². The summed E-state index contributed by atoms with van der Waals surface area (Å²) in [6, 6.07) is 11.9. The van der Waals surface area contributed by atoms with Crippen molar-refractivity contribution in [1.29, 1.82) is 0 Å². The number of carbonyl (C=O) groups excluding carboxylic acids is 5. The summed E-state index contributed by atoms with van der Waals surface area (Å²) >= 11 is 0. The number of rotatable bonds is 4. The van der Waals surface area contributed by atoms with E-state index in [1.807, 2.05) is 30.3 Å². The summed E-state index contributed by atoms with van der Waals surface area (Å²) in [5, 5.41) is 8.46. The lowest BCUT2D eigenvalue weighted by molar-refractivity contribution is -0.140. The fraction of sp³-hybridized carbons (Fsp3) is 0.469. The second kappa shape index (κ2) is 14.2. The van der Waals surface area contributed by atoms with Crippen molar-refractivity contribution in [1.82, 2.24) is 25.8 Å². The summed E-state index contributed by atoms with van der Waals surface area (Å²) < 4.78 is 5.58. The van der Waals surface area contributed by atoms with Crippen LogP contribution in [-0.4, -0.2) is 90.8 Å². The van der Waals surface area contributed by atoms with Crippen LogP contribution in [0.3, 0.4) is 0 Å². The van der Waals surface area contributed by atoms with Gasteiger partial charge in [0.25, 0.3) is 5.91 Å². The number of nitrogens with one attached hydrogen (secondary N) is 3. The Morgan fingerprint density at radius 2 is 1.77 bits per heavy atom. The first kappa shape index (κ1) is 31.5. The summed E-state index contributed by atoms with van der Waals surface area (Å²) in [4.78, 5) is 69.6. The zero-order chi connectivity index (χ0) is 31.1. The van der Waals surface area contributed by atoms with Gasteiger partial charge < -0.3 is 30.5 Å². The van der Waals surface area contributed by atoms with Crippen molar-refractivity contribution in [2.75, 3.05) is 33.3 Å². The van der Waals surface area contributed by atoms with Crippen molar-refractivity contribution in [3.8, 4) is 5.75 Å². The molecule has 0 unspecified atom stereocenters. The summed E-state index contributed by atoms with van der Waals surface area (Å²) in [7, 11) is 1.48. The molecule has 5 amide bonds. The second-order valence-corrected chi connectivity index (χ2v) is 11.5. The summed E-state index contributed by atoms with van der Waals surface area (Å²) in [6.07, 6.45) is 1.33. The van der Waals surface area contributed by atoms with E-state index in [0.29, 0.717) is 25.0 Å². The van der Waals surface area contributed by atoms with Crippen LogP contribution in [0.1, 0.15) is 48.7 Å². The van der Waals surface area contributed by atoms with Gasteiger partial charge in [-0.25, -0.2) is 0 Å². The molecule has 1 fully saturated rings. The molecular weight excluding hydrogens is 550 g/mol. The van der Waals surface area contributed by atoms with Crippen LogP contribution in [0.25, 0.3) is 0 Å². The van der Waals surface area contributed by atoms with E-state index in [2.05, 4.69) is 16.0 Å². The smallest absolute Gasteiger partial charge is 0.254 e. The van der Waals surface area contributed by atoms with Gasteiger partial charge in [0.1, 0.15) is 23.9 Å². The lowest BCUT2D eigenvalue weighted by atomic mass is 10.0. The highest BCUT2D eigenvalue weighted by Gasteiger charge is 2.34. The molecular formula is C32H41N5O6. The van der Waals surface area contributed by atoms with E-state index < -0.39 is 35.8 Å². The van der Waals surface area contributed by atoms with Crippen molar-refractivity contribution in [2.45, 2.75) is 58.2 Å². The number of likely N-dealkylation sites (N-methyl/N-ethyl adjacent to an activating group) is 1. The van der Waals surface area contributed by atoms with E-state index in [9.17, 15) is 24.0 Å². The number of nitrogens with zero attached hydrogens (tertiary/aromatic N) is 2. The molecule has 2 aromatic carbocycles. The molecule has 3 atom stereocenters. The van der Waals surface area contributed by atoms with Gasteiger partial charge >= 0.3 is 0 Å². The van der Waals surface area contributed by atoms with Crippen LogP contribution in [0.2, 0.25) is 0 Å². The first-order valence-corrected chi connectivity index (χ1v) is 14.8. The van der Waals surface area contributed by atoms with E-state index >= 15 is 0 Å². The van der Waals surface area contributed by atoms with Crippen molar-refractivity contribution in [3.05, 3.63) is 65.2 Å². The Balaban J connectivity index is 1.60. The van der Waals surface area contributed by atoms with Gasteiger partial charge in [-0.3, -0.25) is 24.0 Å². The zero-order valence-electron chi connectivity index (χ0n) is 25.2. The van der Waals surface area contributed by atoms with E-state index in [1.54, 1.807) is 39.0 Å². The van der Waals surface area contributed by atoms with Crippen LogP contribution >= 0.6 is 0 Å². The van der Waals surface area contributed by atoms with E-state index in [-0.39, 0.29) is 43.8 Å².